The van der Waals surface area contributed by atoms with E-state index >= 15 is 0 Å². The van der Waals surface area contributed by atoms with Crippen molar-refractivity contribution in [2.45, 2.75) is 17.9 Å². The molecule has 0 spiro atoms. The molecule has 5 nitrogen and oxygen atoms in total. The van der Waals surface area contributed by atoms with Gasteiger partial charge in [0.2, 0.25) is 11.8 Å². The predicted octanol–water partition coefficient (Wildman–Crippen LogP) is 1.51. The number of hydrogen-bond acceptors (Lipinski definition) is 4. The summed E-state index contributed by atoms with van der Waals surface area (Å²) in [4.78, 5) is 26.1. The zero-order chi connectivity index (χ0) is 17.3. The van der Waals surface area contributed by atoms with Crippen LogP contribution in [-0.4, -0.2) is 35.2 Å². The lowest BCUT2D eigenvalue weighted by atomic mass is 9.77. The van der Waals surface area contributed by atoms with Crippen molar-refractivity contribution in [3.63, 3.8) is 0 Å². The first-order valence-corrected chi connectivity index (χ1v) is 7.32. The van der Waals surface area contributed by atoms with E-state index < -0.39 is 53.7 Å². The molecule has 3 aliphatic heterocycles. The van der Waals surface area contributed by atoms with E-state index in [-0.39, 0.29) is 5.69 Å². The van der Waals surface area contributed by atoms with Crippen LogP contribution in [-0.2, 0) is 20.5 Å². The number of benzene rings is 1. The normalized spacial score (nSPS) is 34.3. The summed E-state index contributed by atoms with van der Waals surface area (Å²) in [5, 5.41) is 9.59. The maximum Gasteiger partial charge on any atom is 0.416 e. The second-order valence-corrected chi connectivity index (χ2v) is 6.12. The highest BCUT2D eigenvalue weighted by atomic mass is 19.4. The highest BCUT2D eigenvalue weighted by Crippen LogP contribution is 2.52. The summed E-state index contributed by atoms with van der Waals surface area (Å²) in [6, 6.07) is 4.09. The number of halogens is 3. The third kappa shape index (κ3) is 1.83. The number of imide groups is 1. The Morgan fingerprint density at radius 1 is 1.25 bits per heavy atom. The molecule has 4 rings (SSSR count). The fraction of sp³-hybridized carbons (Fsp3) is 0.375. The van der Waals surface area contributed by atoms with E-state index in [2.05, 4.69) is 0 Å². The molecule has 2 amide bonds. The SMILES string of the molecule is O=C1[C@H]2[C@@H]3C=C[C@@](CO)(O3)[C@@H]2C(=O)N1c1cccc(C(F)(F)F)c1. The van der Waals surface area contributed by atoms with Gasteiger partial charge in [-0.2, -0.15) is 13.2 Å². The zero-order valence-electron chi connectivity index (χ0n) is 12.2. The van der Waals surface area contributed by atoms with Crippen molar-refractivity contribution in [3.05, 3.63) is 42.0 Å². The molecule has 0 aliphatic carbocycles. The van der Waals surface area contributed by atoms with Gasteiger partial charge in [-0.15, -0.1) is 0 Å². The van der Waals surface area contributed by atoms with E-state index in [9.17, 15) is 27.9 Å². The fourth-order valence-corrected chi connectivity index (χ4v) is 3.76. The van der Waals surface area contributed by atoms with Crippen LogP contribution in [0.3, 0.4) is 0 Å². The molecule has 0 aromatic heterocycles. The lowest BCUT2D eigenvalue weighted by molar-refractivity contribution is -0.138. The average molecular weight is 339 g/mol. The Balaban J connectivity index is 1.75. The van der Waals surface area contributed by atoms with Gasteiger partial charge < -0.3 is 9.84 Å². The minimum absolute atomic E-state index is 0.123. The first-order valence-electron chi connectivity index (χ1n) is 7.32. The van der Waals surface area contributed by atoms with E-state index in [4.69, 9.17) is 4.74 Å². The molecule has 2 saturated heterocycles. The molecule has 0 radical (unpaired) electrons. The number of aliphatic hydroxyl groups is 1. The molecule has 2 bridgehead atoms. The second-order valence-electron chi connectivity index (χ2n) is 6.12. The van der Waals surface area contributed by atoms with Gasteiger partial charge in [-0.05, 0) is 18.2 Å². The summed E-state index contributed by atoms with van der Waals surface area (Å²) < 4.78 is 44.2. The Bertz CT molecular complexity index is 775. The number of ether oxygens (including phenoxy) is 1. The molecule has 126 valence electrons. The Labute approximate surface area is 134 Å². The molecule has 8 heteroatoms. The van der Waals surface area contributed by atoms with Gasteiger partial charge in [0.1, 0.15) is 5.60 Å². The van der Waals surface area contributed by atoms with Crippen LogP contribution in [0.25, 0.3) is 0 Å². The van der Waals surface area contributed by atoms with Crippen LogP contribution in [0.2, 0.25) is 0 Å². The molecule has 4 atom stereocenters. The number of carbonyl (C=O) groups is 2. The summed E-state index contributed by atoms with van der Waals surface area (Å²) >= 11 is 0. The minimum atomic E-state index is -4.58. The Kier molecular flexibility index (Phi) is 2.99. The largest absolute Gasteiger partial charge is 0.416 e. The summed E-state index contributed by atoms with van der Waals surface area (Å²) in [6.07, 6.45) is -2.06. The average Bonchev–Trinajstić information content (AvgIpc) is 3.18. The summed E-state index contributed by atoms with van der Waals surface area (Å²) in [5.41, 5.74) is -2.33. The van der Waals surface area contributed by atoms with Crippen LogP contribution in [0.5, 0.6) is 0 Å². The van der Waals surface area contributed by atoms with Gasteiger partial charge in [0.05, 0.1) is 35.8 Å². The molecule has 1 aromatic carbocycles. The molecule has 3 aliphatic rings. The number of aliphatic hydroxyl groups excluding tert-OH is 1. The minimum Gasteiger partial charge on any atom is -0.393 e. The smallest absolute Gasteiger partial charge is 0.393 e. The standard InChI is InChI=1S/C16H12F3NO4/c17-16(18,19)8-2-1-3-9(6-8)20-13(22)11-10-4-5-15(7-21,24-10)12(11)14(20)23/h1-6,10-12,21H,7H2/t10-,11-,12-,15-/m0/s1. The van der Waals surface area contributed by atoms with Crippen molar-refractivity contribution in [1.82, 2.24) is 0 Å². The van der Waals surface area contributed by atoms with Crippen LogP contribution in [0.15, 0.2) is 36.4 Å². The highest BCUT2D eigenvalue weighted by molar-refractivity contribution is 6.23. The Morgan fingerprint density at radius 2 is 2.00 bits per heavy atom. The molecule has 2 fully saturated rings. The summed E-state index contributed by atoms with van der Waals surface area (Å²) in [7, 11) is 0. The predicted molar refractivity (Wildman–Crippen MR) is 74.7 cm³/mol. The van der Waals surface area contributed by atoms with Gasteiger partial charge in [0, 0.05) is 0 Å². The molecular formula is C16H12F3NO4. The van der Waals surface area contributed by atoms with Gasteiger partial charge in [-0.1, -0.05) is 18.2 Å². The maximum absolute atomic E-state index is 12.9. The molecule has 1 aromatic rings. The Hall–Kier alpha value is -2.19. The van der Waals surface area contributed by atoms with E-state index in [0.717, 1.165) is 23.1 Å². The van der Waals surface area contributed by atoms with Crippen molar-refractivity contribution < 1.29 is 32.6 Å². The van der Waals surface area contributed by atoms with Crippen molar-refractivity contribution >= 4 is 17.5 Å². The number of rotatable bonds is 2. The van der Waals surface area contributed by atoms with Crippen molar-refractivity contribution in [1.29, 1.82) is 0 Å². The molecule has 1 N–H and O–H groups in total. The van der Waals surface area contributed by atoms with Crippen LogP contribution < -0.4 is 4.90 Å². The van der Waals surface area contributed by atoms with E-state index in [1.165, 1.54) is 6.07 Å². The van der Waals surface area contributed by atoms with Gasteiger partial charge in [0.15, 0.2) is 0 Å². The molecule has 0 saturated carbocycles. The van der Waals surface area contributed by atoms with Gasteiger partial charge >= 0.3 is 6.18 Å². The van der Waals surface area contributed by atoms with Gasteiger partial charge in [-0.3, -0.25) is 9.59 Å². The number of anilines is 1. The van der Waals surface area contributed by atoms with E-state index in [1.807, 2.05) is 0 Å². The molecule has 3 heterocycles. The molecular weight excluding hydrogens is 327 g/mol. The van der Waals surface area contributed by atoms with Crippen LogP contribution in [0.1, 0.15) is 5.56 Å². The molecule has 0 unspecified atom stereocenters. The fourth-order valence-electron chi connectivity index (χ4n) is 3.76. The Morgan fingerprint density at radius 3 is 2.67 bits per heavy atom. The number of fused-ring (bicyclic) bond motifs is 5. The van der Waals surface area contributed by atoms with Crippen molar-refractivity contribution in [2.75, 3.05) is 11.5 Å². The van der Waals surface area contributed by atoms with Crippen LogP contribution in [0.4, 0.5) is 18.9 Å². The number of carbonyl (C=O) groups excluding carboxylic acids is 2. The van der Waals surface area contributed by atoms with Crippen LogP contribution >= 0.6 is 0 Å². The van der Waals surface area contributed by atoms with Gasteiger partial charge in [0.25, 0.3) is 0 Å². The summed E-state index contributed by atoms with van der Waals surface area (Å²) in [6.45, 7) is -0.476. The number of nitrogens with zero attached hydrogens (tertiary/aromatic N) is 1. The quantitative estimate of drug-likeness (QED) is 0.655. The summed E-state index contributed by atoms with van der Waals surface area (Å²) in [5.74, 6) is -2.98. The molecule has 24 heavy (non-hydrogen) atoms. The third-order valence-corrected chi connectivity index (χ3v) is 4.83. The van der Waals surface area contributed by atoms with Gasteiger partial charge in [-0.25, -0.2) is 4.90 Å². The number of amides is 2. The van der Waals surface area contributed by atoms with Crippen molar-refractivity contribution in [3.8, 4) is 0 Å². The van der Waals surface area contributed by atoms with E-state index in [1.54, 1.807) is 12.2 Å². The highest BCUT2D eigenvalue weighted by Gasteiger charge is 2.67. The number of alkyl halides is 3. The maximum atomic E-state index is 12.9. The zero-order valence-corrected chi connectivity index (χ0v) is 12.2. The van der Waals surface area contributed by atoms with E-state index in [0.29, 0.717) is 0 Å². The first kappa shape index (κ1) is 15.3. The number of hydrogen-bond donors (Lipinski definition) is 1. The third-order valence-electron chi connectivity index (χ3n) is 4.83. The lowest BCUT2D eigenvalue weighted by Gasteiger charge is -2.26. The monoisotopic (exact) mass is 339 g/mol. The first-order chi connectivity index (χ1) is 11.3. The lowest BCUT2D eigenvalue weighted by Crippen LogP contribution is -2.43. The van der Waals surface area contributed by atoms with Crippen molar-refractivity contribution in [2.24, 2.45) is 11.8 Å². The topological polar surface area (TPSA) is 66.8 Å². The second kappa shape index (κ2) is 4.67. The van der Waals surface area contributed by atoms with Crippen LogP contribution in [0, 0.1) is 11.8 Å².